The van der Waals surface area contributed by atoms with Crippen LogP contribution in [0.1, 0.15) is 10.6 Å². The summed E-state index contributed by atoms with van der Waals surface area (Å²) < 4.78 is 20.8. The van der Waals surface area contributed by atoms with E-state index >= 15 is 0 Å². The number of hydrogen-bond acceptors (Lipinski definition) is 4. The van der Waals surface area contributed by atoms with Crippen LogP contribution >= 0.6 is 0 Å². The number of benzene rings is 4. The number of amides is 1. The molecule has 0 saturated heterocycles. The predicted molar refractivity (Wildman–Crippen MR) is 128 cm³/mol. The van der Waals surface area contributed by atoms with E-state index < -0.39 is 5.91 Å². The lowest BCUT2D eigenvalue weighted by atomic mass is 10.2. The zero-order valence-corrected chi connectivity index (χ0v) is 17.9. The van der Waals surface area contributed by atoms with Crippen LogP contribution in [-0.2, 0) is 0 Å². The fraction of sp³-hybridized carbons (Fsp3) is 0. The minimum Gasteiger partial charge on any atom is -0.457 e. The molecule has 166 valence electrons. The second kappa shape index (κ2) is 9.38. The highest BCUT2D eigenvalue weighted by Gasteiger charge is 2.19. The molecular formula is C27H19FN4O2. The van der Waals surface area contributed by atoms with Crippen LogP contribution in [0.2, 0.25) is 0 Å². The molecule has 1 N–H and O–H groups in total. The van der Waals surface area contributed by atoms with E-state index in [9.17, 15) is 9.18 Å². The first-order chi connectivity index (χ1) is 16.7. The van der Waals surface area contributed by atoms with Crippen molar-refractivity contribution in [3.8, 4) is 28.6 Å². The van der Waals surface area contributed by atoms with E-state index in [1.165, 1.54) is 12.1 Å². The highest BCUT2D eigenvalue weighted by molar-refractivity contribution is 6.01. The van der Waals surface area contributed by atoms with Crippen molar-refractivity contribution in [2.24, 2.45) is 0 Å². The number of para-hydroxylation sites is 2. The van der Waals surface area contributed by atoms with Gasteiger partial charge in [-0.15, -0.1) is 5.10 Å². The summed E-state index contributed by atoms with van der Waals surface area (Å²) in [4.78, 5) is 17.4. The average Bonchev–Trinajstić information content (AvgIpc) is 3.33. The standard InChI is InChI=1S/C27H19FN4O2/c28-20-13-11-19(12-14-20)26-30-25(31-32(26)22-7-3-1-4-8-22)27(33)29-21-15-17-24(18-16-21)34-23-9-5-2-6-10-23/h1-18H,(H,29,33). The molecule has 0 atom stereocenters. The van der Waals surface area contributed by atoms with Gasteiger partial charge in [-0.05, 0) is 72.8 Å². The van der Waals surface area contributed by atoms with Crippen LogP contribution in [-0.4, -0.2) is 20.7 Å². The third-order valence-electron chi connectivity index (χ3n) is 5.00. The van der Waals surface area contributed by atoms with E-state index in [2.05, 4.69) is 15.4 Å². The van der Waals surface area contributed by atoms with Gasteiger partial charge in [-0.25, -0.2) is 14.1 Å². The second-order valence-electron chi connectivity index (χ2n) is 7.41. The summed E-state index contributed by atoms with van der Waals surface area (Å²) in [7, 11) is 0. The van der Waals surface area contributed by atoms with E-state index in [1.54, 1.807) is 41.1 Å². The Balaban J connectivity index is 1.39. The third-order valence-corrected chi connectivity index (χ3v) is 5.00. The lowest BCUT2D eigenvalue weighted by Gasteiger charge is -2.07. The van der Waals surface area contributed by atoms with Crippen molar-refractivity contribution in [1.82, 2.24) is 14.8 Å². The number of hydrogen-bond donors (Lipinski definition) is 1. The Kier molecular flexibility index (Phi) is 5.82. The maximum atomic E-state index is 13.4. The summed E-state index contributed by atoms with van der Waals surface area (Å²) in [6, 6.07) is 31.7. The van der Waals surface area contributed by atoms with Gasteiger partial charge in [0.15, 0.2) is 5.82 Å². The topological polar surface area (TPSA) is 69.0 Å². The molecule has 0 aliphatic rings. The van der Waals surface area contributed by atoms with Crippen LogP contribution in [0.3, 0.4) is 0 Å². The van der Waals surface area contributed by atoms with Crippen molar-refractivity contribution in [3.63, 3.8) is 0 Å². The van der Waals surface area contributed by atoms with E-state index in [0.29, 0.717) is 22.8 Å². The Morgan fingerprint density at radius 3 is 2.06 bits per heavy atom. The Bertz CT molecular complexity index is 1400. The number of aromatic nitrogens is 3. The zero-order valence-electron chi connectivity index (χ0n) is 17.9. The minimum atomic E-state index is -0.463. The predicted octanol–water partition coefficient (Wildman–Crippen LogP) is 6.12. The lowest BCUT2D eigenvalue weighted by Crippen LogP contribution is -2.14. The maximum absolute atomic E-state index is 13.4. The van der Waals surface area contributed by atoms with Crippen LogP contribution in [0.5, 0.6) is 11.5 Å². The largest absolute Gasteiger partial charge is 0.457 e. The fourth-order valence-corrected chi connectivity index (χ4v) is 3.36. The lowest BCUT2D eigenvalue weighted by molar-refractivity contribution is 0.101. The molecule has 1 aromatic heterocycles. The Morgan fingerprint density at radius 2 is 1.38 bits per heavy atom. The summed E-state index contributed by atoms with van der Waals surface area (Å²) in [5.41, 5.74) is 1.94. The quantitative estimate of drug-likeness (QED) is 0.338. The number of nitrogens with one attached hydrogen (secondary N) is 1. The van der Waals surface area contributed by atoms with Crippen molar-refractivity contribution in [2.45, 2.75) is 0 Å². The third kappa shape index (κ3) is 4.68. The minimum absolute atomic E-state index is 0.00668. The van der Waals surface area contributed by atoms with Gasteiger partial charge in [-0.1, -0.05) is 36.4 Å². The Morgan fingerprint density at radius 1 is 0.765 bits per heavy atom. The number of rotatable bonds is 6. The average molecular weight is 450 g/mol. The molecule has 5 aromatic rings. The van der Waals surface area contributed by atoms with Gasteiger partial charge in [0, 0.05) is 11.3 Å². The molecule has 0 bridgehead atoms. The zero-order chi connectivity index (χ0) is 23.3. The van der Waals surface area contributed by atoms with Crippen LogP contribution in [0, 0.1) is 5.82 Å². The highest BCUT2D eigenvalue weighted by atomic mass is 19.1. The van der Waals surface area contributed by atoms with Crippen molar-refractivity contribution in [2.75, 3.05) is 5.32 Å². The maximum Gasteiger partial charge on any atom is 0.295 e. The van der Waals surface area contributed by atoms with Crippen LogP contribution in [0.4, 0.5) is 10.1 Å². The van der Waals surface area contributed by atoms with Gasteiger partial charge in [0.1, 0.15) is 17.3 Å². The number of anilines is 1. The molecule has 0 spiro atoms. The first-order valence-electron chi connectivity index (χ1n) is 10.6. The van der Waals surface area contributed by atoms with Gasteiger partial charge in [-0.2, -0.15) is 0 Å². The molecular weight excluding hydrogens is 431 g/mol. The monoisotopic (exact) mass is 450 g/mol. The van der Waals surface area contributed by atoms with Gasteiger partial charge in [0.25, 0.3) is 5.91 Å². The van der Waals surface area contributed by atoms with Crippen molar-refractivity contribution in [1.29, 1.82) is 0 Å². The number of carbonyl (C=O) groups excluding carboxylic acids is 1. The Hall–Kier alpha value is -4.78. The highest BCUT2D eigenvalue weighted by Crippen LogP contribution is 2.24. The molecule has 1 heterocycles. The molecule has 0 aliphatic carbocycles. The molecule has 0 radical (unpaired) electrons. The number of ether oxygens (including phenoxy) is 1. The molecule has 6 nitrogen and oxygen atoms in total. The summed E-state index contributed by atoms with van der Waals surface area (Å²) in [5.74, 6) is 0.982. The first-order valence-corrected chi connectivity index (χ1v) is 10.6. The Labute approximate surface area is 195 Å². The van der Waals surface area contributed by atoms with Crippen LogP contribution in [0.25, 0.3) is 17.1 Å². The number of nitrogens with zero attached hydrogens (tertiary/aromatic N) is 3. The van der Waals surface area contributed by atoms with Crippen molar-refractivity contribution < 1.29 is 13.9 Å². The molecule has 34 heavy (non-hydrogen) atoms. The molecule has 0 fully saturated rings. The summed E-state index contributed by atoms with van der Waals surface area (Å²) in [6.07, 6.45) is 0. The molecule has 0 saturated carbocycles. The molecule has 1 amide bonds. The molecule has 0 unspecified atom stereocenters. The van der Waals surface area contributed by atoms with Crippen molar-refractivity contribution in [3.05, 3.63) is 121 Å². The van der Waals surface area contributed by atoms with Gasteiger partial charge in [-0.3, -0.25) is 4.79 Å². The van der Waals surface area contributed by atoms with Crippen LogP contribution in [0.15, 0.2) is 109 Å². The number of carbonyl (C=O) groups is 1. The molecule has 5 rings (SSSR count). The summed E-state index contributed by atoms with van der Waals surface area (Å²) in [6.45, 7) is 0. The van der Waals surface area contributed by atoms with Gasteiger partial charge in [0.2, 0.25) is 5.82 Å². The van der Waals surface area contributed by atoms with Crippen molar-refractivity contribution >= 4 is 11.6 Å². The fourth-order valence-electron chi connectivity index (χ4n) is 3.36. The van der Waals surface area contributed by atoms with Crippen LogP contribution < -0.4 is 10.1 Å². The molecule has 0 aliphatic heterocycles. The van der Waals surface area contributed by atoms with E-state index in [4.69, 9.17) is 4.74 Å². The number of halogens is 1. The molecule has 7 heteroatoms. The summed E-state index contributed by atoms with van der Waals surface area (Å²) in [5, 5.41) is 7.23. The molecule has 4 aromatic carbocycles. The van der Waals surface area contributed by atoms with Gasteiger partial charge < -0.3 is 10.1 Å². The van der Waals surface area contributed by atoms with Gasteiger partial charge >= 0.3 is 0 Å². The summed E-state index contributed by atoms with van der Waals surface area (Å²) >= 11 is 0. The van der Waals surface area contributed by atoms with Gasteiger partial charge in [0.05, 0.1) is 5.69 Å². The normalized spacial score (nSPS) is 10.6. The van der Waals surface area contributed by atoms with E-state index in [-0.39, 0.29) is 11.6 Å². The van der Waals surface area contributed by atoms with E-state index in [1.807, 2.05) is 60.7 Å². The smallest absolute Gasteiger partial charge is 0.295 e. The first kappa shape index (κ1) is 21.1. The van der Waals surface area contributed by atoms with E-state index in [0.717, 1.165) is 11.4 Å². The SMILES string of the molecule is O=C(Nc1ccc(Oc2ccccc2)cc1)c1nc(-c2ccc(F)cc2)n(-c2ccccc2)n1. The second-order valence-corrected chi connectivity index (χ2v) is 7.41.